The van der Waals surface area contributed by atoms with Gasteiger partial charge in [0.05, 0.1) is 0 Å². The fourth-order valence-electron chi connectivity index (χ4n) is 2.29. The maximum atomic E-state index is 11.9. The number of thiophene rings is 1. The summed E-state index contributed by atoms with van der Waals surface area (Å²) in [4.78, 5) is 24.2. The van der Waals surface area contributed by atoms with E-state index >= 15 is 0 Å². The van der Waals surface area contributed by atoms with Gasteiger partial charge in [0, 0.05) is 12.1 Å². The Morgan fingerprint density at radius 3 is 2.85 bits per heavy atom. The van der Waals surface area contributed by atoms with Crippen LogP contribution in [0.2, 0.25) is 0 Å². The number of ether oxygens (including phenoxy) is 1. The zero-order valence-corrected chi connectivity index (χ0v) is 15.1. The van der Waals surface area contributed by atoms with E-state index < -0.39 is 0 Å². The number of nitrogen functional groups attached to an aromatic ring is 1. The van der Waals surface area contributed by atoms with E-state index in [4.69, 9.17) is 10.5 Å². The number of nitrogens with two attached hydrogens (primary N) is 1. The molecule has 0 aliphatic carbocycles. The maximum absolute atomic E-state index is 11.9. The van der Waals surface area contributed by atoms with Gasteiger partial charge in [-0.15, -0.1) is 0 Å². The van der Waals surface area contributed by atoms with Gasteiger partial charge in [0.1, 0.15) is 0 Å². The summed E-state index contributed by atoms with van der Waals surface area (Å²) >= 11 is 1.61. The molecule has 0 atom stereocenters. The highest BCUT2D eigenvalue weighted by Gasteiger charge is 2.10. The summed E-state index contributed by atoms with van der Waals surface area (Å²) in [5.74, 6) is 0.387. The van der Waals surface area contributed by atoms with Crippen LogP contribution in [0.15, 0.2) is 41.1 Å². The number of hydrogen-bond acceptors (Lipinski definition) is 8. The molecule has 0 aliphatic rings. The molecular weight excluding hydrogens is 350 g/mol. The van der Waals surface area contributed by atoms with Crippen molar-refractivity contribution in [2.75, 3.05) is 11.1 Å². The topological polar surface area (TPSA) is 103 Å². The van der Waals surface area contributed by atoms with Gasteiger partial charge in [-0.2, -0.15) is 26.3 Å². The van der Waals surface area contributed by atoms with Gasteiger partial charge in [0.25, 0.3) is 0 Å². The third-order valence-electron chi connectivity index (χ3n) is 3.65. The average Bonchev–Trinajstić information content (AvgIpc) is 3.13. The Hall–Kier alpha value is -3.00. The molecule has 0 spiro atoms. The lowest BCUT2D eigenvalue weighted by Crippen LogP contribution is -2.11. The van der Waals surface area contributed by atoms with E-state index in [1.54, 1.807) is 11.3 Å². The molecule has 8 heteroatoms. The summed E-state index contributed by atoms with van der Waals surface area (Å²) in [5.41, 5.74) is 8.79. The molecule has 2 aromatic heterocycles. The van der Waals surface area contributed by atoms with E-state index in [0.717, 1.165) is 16.8 Å². The summed E-state index contributed by atoms with van der Waals surface area (Å²) in [7, 11) is 0. The van der Waals surface area contributed by atoms with Crippen LogP contribution in [-0.4, -0.2) is 20.9 Å². The number of carbonyl (C=O) groups is 1. The second-order valence-electron chi connectivity index (χ2n) is 5.67. The van der Waals surface area contributed by atoms with Crippen LogP contribution in [0.5, 0.6) is 0 Å². The third kappa shape index (κ3) is 5.00. The molecule has 0 aliphatic heterocycles. The van der Waals surface area contributed by atoms with Crippen LogP contribution in [0, 0.1) is 6.92 Å². The average molecular weight is 369 g/mol. The van der Waals surface area contributed by atoms with Crippen molar-refractivity contribution in [3.8, 4) is 0 Å². The number of aryl methyl sites for hydroxylation is 2. The molecule has 0 saturated carbocycles. The van der Waals surface area contributed by atoms with E-state index in [2.05, 4.69) is 20.3 Å². The standard InChI is InChI=1S/C18H19N5O2S/c1-12-4-2-3-5-14(12)20-18-22-15(21-17(19)23-18)10-25-16(24)7-6-13-8-9-26-11-13/h2-5,8-9,11H,6-7,10H2,1H3,(H3,19,20,21,22,23). The van der Waals surface area contributed by atoms with Gasteiger partial charge in [-0.1, -0.05) is 18.2 Å². The predicted molar refractivity (Wildman–Crippen MR) is 101 cm³/mol. The number of esters is 1. The summed E-state index contributed by atoms with van der Waals surface area (Å²) in [6.45, 7) is 1.93. The molecule has 2 heterocycles. The van der Waals surface area contributed by atoms with Crippen molar-refractivity contribution >= 4 is 34.9 Å². The summed E-state index contributed by atoms with van der Waals surface area (Å²) in [6, 6.07) is 9.75. The molecule has 134 valence electrons. The molecule has 0 radical (unpaired) electrons. The number of carbonyl (C=O) groups excluding carboxylic acids is 1. The number of nitrogens with zero attached hydrogens (tertiary/aromatic N) is 3. The lowest BCUT2D eigenvalue weighted by atomic mass is 10.2. The Morgan fingerprint density at radius 2 is 2.08 bits per heavy atom. The van der Waals surface area contributed by atoms with Crippen LogP contribution in [0.3, 0.4) is 0 Å². The number of benzene rings is 1. The molecule has 3 aromatic rings. The first-order valence-corrected chi connectivity index (χ1v) is 9.04. The molecule has 3 rings (SSSR count). The normalized spacial score (nSPS) is 10.5. The lowest BCUT2D eigenvalue weighted by Gasteiger charge is -2.09. The molecule has 3 N–H and O–H groups in total. The maximum Gasteiger partial charge on any atom is 0.306 e. The van der Waals surface area contributed by atoms with Crippen molar-refractivity contribution in [3.05, 3.63) is 58.0 Å². The van der Waals surface area contributed by atoms with Crippen LogP contribution >= 0.6 is 11.3 Å². The highest BCUT2D eigenvalue weighted by atomic mass is 32.1. The van der Waals surface area contributed by atoms with E-state index in [1.807, 2.05) is 48.0 Å². The first-order chi connectivity index (χ1) is 12.6. The number of aromatic nitrogens is 3. The molecule has 1 aromatic carbocycles. The molecule has 0 saturated heterocycles. The van der Waals surface area contributed by atoms with Crippen LogP contribution < -0.4 is 11.1 Å². The van der Waals surface area contributed by atoms with Gasteiger partial charge in [-0.25, -0.2) is 0 Å². The first kappa shape index (κ1) is 17.8. The quantitative estimate of drug-likeness (QED) is 0.616. The zero-order valence-electron chi connectivity index (χ0n) is 14.3. The van der Waals surface area contributed by atoms with Crippen molar-refractivity contribution in [1.29, 1.82) is 0 Å². The summed E-state index contributed by atoms with van der Waals surface area (Å²) < 4.78 is 5.24. The second-order valence-corrected chi connectivity index (χ2v) is 6.45. The minimum absolute atomic E-state index is 0.0440. The molecule has 0 fully saturated rings. The smallest absolute Gasteiger partial charge is 0.306 e. The van der Waals surface area contributed by atoms with Gasteiger partial charge in [0.2, 0.25) is 11.9 Å². The van der Waals surface area contributed by atoms with E-state index in [-0.39, 0.29) is 18.5 Å². The number of para-hydroxylation sites is 1. The second kappa shape index (κ2) is 8.39. The monoisotopic (exact) mass is 369 g/mol. The zero-order chi connectivity index (χ0) is 18.4. The fraction of sp³-hybridized carbons (Fsp3) is 0.222. The predicted octanol–water partition coefficient (Wildman–Crippen LogP) is 3.24. The lowest BCUT2D eigenvalue weighted by molar-refractivity contribution is -0.145. The fourth-order valence-corrected chi connectivity index (χ4v) is 2.99. The Labute approximate surface area is 155 Å². The van der Waals surface area contributed by atoms with E-state index in [0.29, 0.717) is 24.6 Å². The van der Waals surface area contributed by atoms with Crippen molar-refractivity contribution in [3.63, 3.8) is 0 Å². The van der Waals surface area contributed by atoms with Crippen molar-refractivity contribution < 1.29 is 9.53 Å². The highest BCUT2D eigenvalue weighted by Crippen LogP contribution is 2.18. The SMILES string of the molecule is Cc1ccccc1Nc1nc(N)nc(COC(=O)CCc2ccsc2)n1. The first-order valence-electron chi connectivity index (χ1n) is 8.10. The van der Waals surface area contributed by atoms with Gasteiger partial charge < -0.3 is 15.8 Å². The van der Waals surface area contributed by atoms with Gasteiger partial charge in [0.15, 0.2) is 12.4 Å². The Kier molecular flexibility index (Phi) is 5.75. The Morgan fingerprint density at radius 1 is 1.23 bits per heavy atom. The largest absolute Gasteiger partial charge is 0.457 e. The van der Waals surface area contributed by atoms with Crippen LogP contribution in [0.1, 0.15) is 23.4 Å². The number of rotatable bonds is 7. The van der Waals surface area contributed by atoms with Crippen molar-refractivity contribution in [2.45, 2.75) is 26.4 Å². The van der Waals surface area contributed by atoms with Gasteiger partial charge in [-0.05, 0) is 47.4 Å². The molecule has 0 bridgehead atoms. The van der Waals surface area contributed by atoms with Crippen molar-refractivity contribution in [1.82, 2.24) is 15.0 Å². The molecular formula is C18H19N5O2S. The third-order valence-corrected chi connectivity index (χ3v) is 4.38. The van der Waals surface area contributed by atoms with E-state index in [9.17, 15) is 4.79 Å². The number of anilines is 3. The Balaban J connectivity index is 1.58. The molecule has 0 amide bonds. The molecule has 26 heavy (non-hydrogen) atoms. The van der Waals surface area contributed by atoms with Crippen molar-refractivity contribution in [2.24, 2.45) is 0 Å². The Bertz CT molecular complexity index is 883. The molecule has 0 unspecified atom stereocenters. The number of hydrogen-bond donors (Lipinski definition) is 2. The van der Waals surface area contributed by atoms with Gasteiger partial charge in [-0.3, -0.25) is 4.79 Å². The number of nitrogens with one attached hydrogen (secondary N) is 1. The van der Waals surface area contributed by atoms with Crippen LogP contribution in [-0.2, 0) is 22.6 Å². The molecule has 7 nitrogen and oxygen atoms in total. The van der Waals surface area contributed by atoms with Crippen LogP contribution in [0.25, 0.3) is 0 Å². The minimum Gasteiger partial charge on any atom is -0.457 e. The highest BCUT2D eigenvalue weighted by molar-refractivity contribution is 7.07. The minimum atomic E-state index is -0.302. The summed E-state index contributed by atoms with van der Waals surface area (Å²) in [6.07, 6.45) is 0.966. The summed E-state index contributed by atoms with van der Waals surface area (Å²) in [5, 5.41) is 7.10. The van der Waals surface area contributed by atoms with E-state index in [1.165, 1.54) is 0 Å². The van der Waals surface area contributed by atoms with Crippen LogP contribution in [0.4, 0.5) is 17.6 Å². The van der Waals surface area contributed by atoms with Gasteiger partial charge >= 0.3 is 5.97 Å².